The van der Waals surface area contributed by atoms with E-state index in [1.807, 2.05) is 0 Å². The van der Waals surface area contributed by atoms with Gasteiger partial charge in [-0.25, -0.2) is 9.78 Å². The third-order valence-corrected chi connectivity index (χ3v) is 2.61. The van der Waals surface area contributed by atoms with E-state index in [4.69, 9.17) is 5.11 Å². The summed E-state index contributed by atoms with van der Waals surface area (Å²) in [6, 6.07) is 5.79. The Balaban J connectivity index is 2.45. The molecule has 0 radical (unpaired) electrons. The number of halogens is 4. The number of nitrogens with zero attached hydrogens (tertiary/aromatic N) is 1. The molecule has 0 aliphatic carbocycles. The molecule has 1 aromatic heterocycles. The highest BCUT2D eigenvalue weighted by Gasteiger charge is 2.35. The fraction of sp³-hybridized carbons (Fsp3) is 0.0769. The number of pyridine rings is 1. The summed E-state index contributed by atoms with van der Waals surface area (Å²) >= 11 is 0. The summed E-state index contributed by atoms with van der Waals surface area (Å²) in [5.74, 6) is -2.74. The number of carboxylic acid groups (broad SMARTS) is 1. The highest BCUT2D eigenvalue weighted by Crippen LogP contribution is 2.33. The lowest BCUT2D eigenvalue weighted by molar-refractivity contribution is -0.140. The van der Waals surface area contributed by atoms with E-state index in [0.29, 0.717) is 11.6 Å². The lowest BCUT2D eigenvalue weighted by atomic mass is 10.0. The first-order valence-electron chi connectivity index (χ1n) is 5.35. The number of hydrogen-bond acceptors (Lipinski definition) is 2. The van der Waals surface area contributed by atoms with Gasteiger partial charge in [-0.3, -0.25) is 0 Å². The normalized spacial score (nSPS) is 11.4. The van der Waals surface area contributed by atoms with Crippen molar-refractivity contribution in [3.8, 4) is 11.1 Å². The quantitative estimate of drug-likeness (QED) is 0.677. The van der Waals surface area contributed by atoms with Crippen LogP contribution in [0.1, 0.15) is 15.9 Å². The minimum Gasteiger partial charge on any atom is -0.478 e. The van der Waals surface area contributed by atoms with Crippen LogP contribution in [0.25, 0.3) is 11.1 Å². The molecule has 3 nitrogen and oxygen atoms in total. The van der Waals surface area contributed by atoms with Crippen molar-refractivity contribution in [2.75, 3.05) is 0 Å². The van der Waals surface area contributed by atoms with Gasteiger partial charge in [-0.15, -0.1) is 0 Å². The molecule has 1 aromatic carbocycles. The molecule has 0 fully saturated rings. The van der Waals surface area contributed by atoms with Gasteiger partial charge in [0.1, 0.15) is 5.56 Å². The van der Waals surface area contributed by atoms with E-state index in [0.717, 1.165) is 6.20 Å². The maximum Gasteiger partial charge on any atom is 0.420 e. The third-order valence-electron chi connectivity index (χ3n) is 2.61. The molecule has 0 unspecified atom stereocenters. The Kier molecular flexibility index (Phi) is 3.44. The van der Waals surface area contributed by atoms with Gasteiger partial charge in [0.05, 0.1) is 5.56 Å². The van der Waals surface area contributed by atoms with Crippen molar-refractivity contribution in [3.05, 3.63) is 53.6 Å². The van der Waals surface area contributed by atoms with Crippen LogP contribution in [0.15, 0.2) is 36.5 Å². The Morgan fingerprint density at radius 2 is 1.70 bits per heavy atom. The van der Waals surface area contributed by atoms with Gasteiger partial charge in [-0.1, -0.05) is 12.1 Å². The van der Waals surface area contributed by atoms with Crippen LogP contribution in [0.4, 0.5) is 17.6 Å². The smallest absolute Gasteiger partial charge is 0.420 e. The second-order valence-electron chi connectivity index (χ2n) is 3.94. The first-order chi connectivity index (χ1) is 9.29. The van der Waals surface area contributed by atoms with Gasteiger partial charge in [-0.05, 0) is 23.8 Å². The molecule has 2 aromatic rings. The average molecular weight is 285 g/mol. The van der Waals surface area contributed by atoms with Crippen LogP contribution >= 0.6 is 0 Å². The van der Waals surface area contributed by atoms with E-state index >= 15 is 0 Å². The topological polar surface area (TPSA) is 50.2 Å². The minimum absolute atomic E-state index is 0.000124. The fourth-order valence-electron chi connectivity index (χ4n) is 1.61. The second-order valence-corrected chi connectivity index (χ2v) is 3.94. The van der Waals surface area contributed by atoms with E-state index in [1.54, 1.807) is 0 Å². The molecule has 1 heterocycles. The molecule has 0 atom stereocenters. The highest BCUT2D eigenvalue weighted by molar-refractivity contribution is 5.88. The first kappa shape index (κ1) is 14.0. The van der Waals surface area contributed by atoms with Gasteiger partial charge in [0.15, 0.2) is 0 Å². The number of rotatable bonds is 2. The predicted molar refractivity (Wildman–Crippen MR) is 61.6 cm³/mol. The molecule has 1 N–H and O–H groups in total. The second kappa shape index (κ2) is 4.92. The van der Waals surface area contributed by atoms with Gasteiger partial charge in [0.25, 0.3) is 0 Å². The monoisotopic (exact) mass is 285 g/mol. The predicted octanol–water partition coefficient (Wildman–Crippen LogP) is 3.60. The summed E-state index contributed by atoms with van der Waals surface area (Å²) in [5, 5.41) is 8.72. The summed E-state index contributed by atoms with van der Waals surface area (Å²) in [4.78, 5) is 13.7. The molecule has 0 bridgehead atoms. The van der Waals surface area contributed by atoms with Crippen molar-refractivity contribution in [1.82, 2.24) is 4.98 Å². The van der Waals surface area contributed by atoms with Crippen molar-refractivity contribution in [3.63, 3.8) is 0 Å². The largest absolute Gasteiger partial charge is 0.478 e. The molecular formula is C13H7F4NO2. The molecule has 2 rings (SSSR count). The Labute approximate surface area is 110 Å². The number of alkyl halides is 3. The SMILES string of the molecule is O=C(O)c1ccc(-c2cnc(F)c(C(F)(F)F)c2)cc1. The third kappa shape index (κ3) is 2.76. The van der Waals surface area contributed by atoms with Gasteiger partial charge < -0.3 is 5.11 Å². The van der Waals surface area contributed by atoms with Crippen LogP contribution in [0.2, 0.25) is 0 Å². The molecule has 20 heavy (non-hydrogen) atoms. The van der Waals surface area contributed by atoms with Crippen LogP contribution in [-0.2, 0) is 6.18 Å². The molecule has 0 aliphatic heterocycles. The standard InChI is InChI=1S/C13H7F4NO2/c14-11-10(13(15,16)17)5-9(6-18-11)7-1-3-8(4-2-7)12(19)20/h1-6H,(H,19,20). The van der Waals surface area contributed by atoms with Crippen LogP contribution in [0.5, 0.6) is 0 Å². The summed E-state index contributed by atoms with van der Waals surface area (Å²) in [6.07, 6.45) is -3.88. The van der Waals surface area contributed by atoms with Crippen molar-refractivity contribution in [2.24, 2.45) is 0 Å². The highest BCUT2D eigenvalue weighted by atomic mass is 19.4. The number of hydrogen-bond donors (Lipinski definition) is 1. The van der Waals surface area contributed by atoms with Crippen molar-refractivity contribution >= 4 is 5.97 Å². The minimum atomic E-state index is -4.84. The number of benzene rings is 1. The number of aromatic carboxylic acids is 1. The Morgan fingerprint density at radius 3 is 2.20 bits per heavy atom. The summed E-state index contributed by atoms with van der Waals surface area (Å²) in [5.41, 5.74) is -1.10. The van der Waals surface area contributed by atoms with Crippen LogP contribution < -0.4 is 0 Å². The molecular weight excluding hydrogens is 278 g/mol. The van der Waals surface area contributed by atoms with E-state index in [2.05, 4.69) is 4.98 Å². The Morgan fingerprint density at radius 1 is 1.10 bits per heavy atom. The lowest BCUT2D eigenvalue weighted by Crippen LogP contribution is -2.09. The van der Waals surface area contributed by atoms with Crippen molar-refractivity contribution < 1.29 is 27.5 Å². The molecule has 0 saturated carbocycles. The first-order valence-corrected chi connectivity index (χ1v) is 5.35. The summed E-state index contributed by atoms with van der Waals surface area (Å²) in [7, 11) is 0. The fourth-order valence-corrected chi connectivity index (χ4v) is 1.61. The van der Waals surface area contributed by atoms with Crippen LogP contribution in [0.3, 0.4) is 0 Å². The Hall–Kier alpha value is -2.44. The maximum atomic E-state index is 13.0. The van der Waals surface area contributed by atoms with Gasteiger partial charge in [0, 0.05) is 11.8 Å². The van der Waals surface area contributed by atoms with E-state index in [1.165, 1.54) is 24.3 Å². The molecule has 7 heteroatoms. The van der Waals surface area contributed by atoms with E-state index in [-0.39, 0.29) is 11.1 Å². The van der Waals surface area contributed by atoms with Gasteiger partial charge in [-0.2, -0.15) is 17.6 Å². The summed E-state index contributed by atoms with van der Waals surface area (Å²) < 4.78 is 50.7. The van der Waals surface area contributed by atoms with Crippen LogP contribution in [-0.4, -0.2) is 16.1 Å². The Bertz CT molecular complexity index is 650. The zero-order valence-electron chi connectivity index (χ0n) is 9.78. The number of carbonyl (C=O) groups is 1. The maximum absolute atomic E-state index is 13.0. The molecule has 104 valence electrons. The summed E-state index contributed by atoms with van der Waals surface area (Å²) in [6.45, 7) is 0. The van der Waals surface area contributed by atoms with Gasteiger partial charge in [0.2, 0.25) is 5.95 Å². The number of aromatic nitrogens is 1. The van der Waals surface area contributed by atoms with Crippen LogP contribution in [0, 0.1) is 5.95 Å². The van der Waals surface area contributed by atoms with E-state index in [9.17, 15) is 22.4 Å². The molecule has 0 aliphatic rings. The zero-order chi connectivity index (χ0) is 14.9. The molecule has 0 spiro atoms. The van der Waals surface area contributed by atoms with Gasteiger partial charge >= 0.3 is 12.1 Å². The van der Waals surface area contributed by atoms with E-state index < -0.39 is 23.7 Å². The zero-order valence-corrected chi connectivity index (χ0v) is 9.78. The van der Waals surface area contributed by atoms with Crippen molar-refractivity contribution in [2.45, 2.75) is 6.18 Å². The van der Waals surface area contributed by atoms with Crippen molar-refractivity contribution in [1.29, 1.82) is 0 Å². The number of carboxylic acids is 1. The molecule has 0 amide bonds. The average Bonchev–Trinajstić information content (AvgIpc) is 2.38. The molecule has 0 saturated heterocycles. The lowest BCUT2D eigenvalue weighted by Gasteiger charge is -2.09.